The number of carbonyl (C=O) groups excluding carboxylic acids is 1. The SMILES string of the molecule is COCOCC(NC(C)=O)c1ccc(F)cc1F. The van der Waals surface area contributed by atoms with Crippen molar-refractivity contribution in [3.63, 3.8) is 0 Å². The van der Waals surface area contributed by atoms with Gasteiger partial charge in [-0.3, -0.25) is 4.79 Å². The molecule has 0 saturated carbocycles. The van der Waals surface area contributed by atoms with Gasteiger partial charge >= 0.3 is 0 Å². The van der Waals surface area contributed by atoms with Gasteiger partial charge in [-0.15, -0.1) is 0 Å². The van der Waals surface area contributed by atoms with Crippen LogP contribution < -0.4 is 5.32 Å². The Morgan fingerprint density at radius 3 is 2.72 bits per heavy atom. The first-order chi connectivity index (χ1) is 8.54. The van der Waals surface area contributed by atoms with Crippen LogP contribution in [-0.4, -0.2) is 26.4 Å². The Morgan fingerprint density at radius 2 is 2.17 bits per heavy atom. The van der Waals surface area contributed by atoms with Crippen molar-refractivity contribution in [2.45, 2.75) is 13.0 Å². The molecule has 1 aromatic rings. The number of hydrogen-bond acceptors (Lipinski definition) is 3. The molecule has 0 spiro atoms. The quantitative estimate of drug-likeness (QED) is 0.625. The average molecular weight is 259 g/mol. The molecule has 0 aliphatic rings. The van der Waals surface area contributed by atoms with Gasteiger partial charge in [0, 0.05) is 25.7 Å². The number of hydrogen-bond donors (Lipinski definition) is 1. The molecule has 0 bridgehead atoms. The lowest BCUT2D eigenvalue weighted by Crippen LogP contribution is -2.30. The van der Waals surface area contributed by atoms with Crippen LogP contribution in [0.25, 0.3) is 0 Å². The van der Waals surface area contributed by atoms with E-state index in [0.29, 0.717) is 0 Å². The van der Waals surface area contributed by atoms with Crippen LogP contribution in [0.3, 0.4) is 0 Å². The molecule has 18 heavy (non-hydrogen) atoms. The molecule has 4 nitrogen and oxygen atoms in total. The molecule has 0 radical (unpaired) electrons. The first kappa shape index (κ1) is 14.5. The lowest BCUT2D eigenvalue weighted by Gasteiger charge is -2.18. The lowest BCUT2D eigenvalue weighted by molar-refractivity contribution is -0.120. The van der Waals surface area contributed by atoms with E-state index < -0.39 is 17.7 Å². The van der Waals surface area contributed by atoms with Gasteiger partial charge in [0.05, 0.1) is 12.6 Å². The summed E-state index contributed by atoms with van der Waals surface area (Å²) in [6.45, 7) is 1.37. The smallest absolute Gasteiger partial charge is 0.217 e. The molecule has 1 aromatic carbocycles. The summed E-state index contributed by atoms with van der Waals surface area (Å²) in [5, 5.41) is 2.53. The molecular formula is C12H15F2NO3. The Bertz CT molecular complexity index is 412. The largest absolute Gasteiger partial charge is 0.359 e. The van der Waals surface area contributed by atoms with Crippen LogP contribution in [0.2, 0.25) is 0 Å². The van der Waals surface area contributed by atoms with E-state index >= 15 is 0 Å². The van der Waals surface area contributed by atoms with E-state index in [1.54, 1.807) is 0 Å². The Kier molecular flexibility index (Phi) is 5.67. The monoisotopic (exact) mass is 259 g/mol. The number of rotatable bonds is 6. The first-order valence-electron chi connectivity index (χ1n) is 5.33. The summed E-state index contributed by atoms with van der Waals surface area (Å²) in [4.78, 5) is 11.0. The maximum atomic E-state index is 13.6. The zero-order valence-corrected chi connectivity index (χ0v) is 10.2. The molecule has 0 fully saturated rings. The standard InChI is InChI=1S/C12H15F2NO3/c1-8(16)15-12(6-18-7-17-2)10-4-3-9(13)5-11(10)14/h3-5,12H,6-7H2,1-2H3,(H,15,16). The van der Waals surface area contributed by atoms with Crippen LogP contribution in [0.4, 0.5) is 8.78 Å². The number of methoxy groups -OCH3 is 1. The number of nitrogens with one attached hydrogen (secondary N) is 1. The van der Waals surface area contributed by atoms with Crippen molar-refractivity contribution in [2.75, 3.05) is 20.5 Å². The van der Waals surface area contributed by atoms with Crippen molar-refractivity contribution in [1.29, 1.82) is 0 Å². The molecule has 0 saturated heterocycles. The highest BCUT2D eigenvalue weighted by Gasteiger charge is 2.17. The van der Waals surface area contributed by atoms with Crippen molar-refractivity contribution >= 4 is 5.91 Å². The highest BCUT2D eigenvalue weighted by Crippen LogP contribution is 2.18. The van der Waals surface area contributed by atoms with Crippen molar-refractivity contribution in [3.05, 3.63) is 35.4 Å². The predicted molar refractivity (Wildman–Crippen MR) is 60.7 cm³/mol. The second-order valence-corrected chi connectivity index (χ2v) is 3.70. The summed E-state index contributed by atoms with van der Waals surface area (Å²) in [6, 6.07) is 2.49. The molecule has 0 aliphatic heterocycles. The molecule has 0 aromatic heterocycles. The molecule has 1 unspecified atom stereocenters. The summed E-state index contributed by atoms with van der Waals surface area (Å²) in [6.07, 6.45) is 0. The van der Waals surface area contributed by atoms with Crippen LogP contribution in [-0.2, 0) is 14.3 Å². The maximum Gasteiger partial charge on any atom is 0.217 e. The summed E-state index contributed by atoms with van der Waals surface area (Å²) in [5.41, 5.74) is 0.169. The topological polar surface area (TPSA) is 47.6 Å². The minimum atomic E-state index is -0.727. The van der Waals surface area contributed by atoms with E-state index in [2.05, 4.69) is 5.32 Å². The highest BCUT2D eigenvalue weighted by atomic mass is 19.1. The number of ether oxygens (including phenoxy) is 2. The predicted octanol–water partition coefficient (Wildman–Crippen LogP) is 1.76. The van der Waals surface area contributed by atoms with Crippen LogP contribution in [0, 0.1) is 11.6 Å². The summed E-state index contributed by atoms with van der Waals surface area (Å²) in [7, 11) is 1.45. The van der Waals surface area contributed by atoms with E-state index in [-0.39, 0.29) is 24.9 Å². The Hall–Kier alpha value is -1.53. The van der Waals surface area contributed by atoms with E-state index in [9.17, 15) is 13.6 Å². The van der Waals surface area contributed by atoms with Gasteiger partial charge in [-0.25, -0.2) is 8.78 Å². The zero-order valence-electron chi connectivity index (χ0n) is 10.2. The Morgan fingerprint density at radius 1 is 1.44 bits per heavy atom. The van der Waals surface area contributed by atoms with Crippen LogP contribution in [0.5, 0.6) is 0 Å². The minimum absolute atomic E-state index is 0.0267. The zero-order chi connectivity index (χ0) is 13.5. The van der Waals surface area contributed by atoms with Gasteiger partial charge in [0.25, 0.3) is 0 Å². The number of halogens is 2. The summed E-state index contributed by atoms with van der Waals surface area (Å²) < 4.78 is 36.2. The third kappa shape index (κ3) is 4.38. The van der Waals surface area contributed by atoms with Crippen molar-refractivity contribution in [3.8, 4) is 0 Å². The molecule has 100 valence electrons. The van der Waals surface area contributed by atoms with Gasteiger partial charge < -0.3 is 14.8 Å². The van der Waals surface area contributed by atoms with Crippen LogP contribution in [0.15, 0.2) is 18.2 Å². The van der Waals surface area contributed by atoms with Crippen molar-refractivity contribution < 1.29 is 23.0 Å². The van der Waals surface area contributed by atoms with Gasteiger partial charge in [-0.05, 0) is 6.07 Å². The molecule has 6 heteroatoms. The minimum Gasteiger partial charge on any atom is -0.359 e. The van der Waals surface area contributed by atoms with Gasteiger partial charge in [-0.2, -0.15) is 0 Å². The number of carbonyl (C=O) groups is 1. The molecule has 1 N–H and O–H groups in total. The summed E-state index contributed by atoms with van der Waals surface area (Å²) >= 11 is 0. The first-order valence-corrected chi connectivity index (χ1v) is 5.33. The van der Waals surface area contributed by atoms with Gasteiger partial charge in [0.15, 0.2) is 0 Å². The molecule has 1 rings (SSSR count). The van der Waals surface area contributed by atoms with E-state index in [0.717, 1.165) is 12.1 Å². The number of amides is 1. The molecule has 0 aliphatic carbocycles. The Labute approximate surface area is 104 Å². The third-order valence-corrected chi connectivity index (χ3v) is 2.20. The number of benzene rings is 1. The van der Waals surface area contributed by atoms with Crippen LogP contribution in [0.1, 0.15) is 18.5 Å². The van der Waals surface area contributed by atoms with Gasteiger partial charge in [0.1, 0.15) is 18.4 Å². The lowest BCUT2D eigenvalue weighted by atomic mass is 10.1. The van der Waals surface area contributed by atoms with E-state index in [4.69, 9.17) is 9.47 Å². The average Bonchev–Trinajstić information content (AvgIpc) is 2.27. The second kappa shape index (κ2) is 7.03. The van der Waals surface area contributed by atoms with Crippen molar-refractivity contribution in [2.24, 2.45) is 0 Å². The fourth-order valence-corrected chi connectivity index (χ4v) is 1.49. The fraction of sp³-hybridized carbons (Fsp3) is 0.417. The van der Waals surface area contributed by atoms with Crippen molar-refractivity contribution in [1.82, 2.24) is 5.32 Å². The molecule has 1 amide bonds. The normalized spacial score (nSPS) is 12.2. The Balaban J connectivity index is 2.83. The highest BCUT2D eigenvalue weighted by molar-refractivity contribution is 5.73. The summed E-state index contributed by atoms with van der Waals surface area (Å²) in [5.74, 6) is -1.73. The van der Waals surface area contributed by atoms with E-state index in [1.165, 1.54) is 20.1 Å². The molecule has 1 atom stereocenters. The second-order valence-electron chi connectivity index (χ2n) is 3.70. The molecule has 0 heterocycles. The van der Waals surface area contributed by atoms with Crippen LogP contribution >= 0.6 is 0 Å². The van der Waals surface area contributed by atoms with Gasteiger partial charge in [0.2, 0.25) is 5.91 Å². The van der Waals surface area contributed by atoms with Gasteiger partial charge in [-0.1, -0.05) is 6.07 Å². The fourth-order valence-electron chi connectivity index (χ4n) is 1.49. The maximum absolute atomic E-state index is 13.6. The third-order valence-electron chi connectivity index (χ3n) is 2.20. The molecular weight excluding hydrogens is 244 g/mol. The van der Waals surface area contributed by atoms with E-state index in [1.807, 2.05) is 0 Å².